The van der Waals surface area contributed by atoms with E-state index >= 15 is 0 Å². The van der Waals surface area contributed by atoms with Crippen molar-refractivity contribution in [2.75, 3.05) is 13.2 Å². The molecule has 0 aromatic rings. The van der Waals surface area contributed by atoms with E-state index < -0.39 is 5.41 Å². The highest BCUT2D eigenvalue weighted by Gasteiger charge is 2.58. The summed E-state index contributed by atoms with van der Waals surface area (Å²) >= 11 is 0. The molecule has 4 heteroatoms. The van der Waals surface area contributed by atoms with Gasteiger partial charge in [0, 0.05) is 0 Å². The van der Waals surface area contributed by atoms with Crippen molar-refractivity contribution >= 4 is 11.9 Å². The van der Waals surface area contributed by atoms with Gasteiger partial charge in [-0.25, -0.2) is 0 Å². The third-order valence-electron chi connectivity index (χ3n) is 14.7. The molecule has 0 spiro atoms. The first-order valence-electron chi connectivity index (χ1n) is 27.7. The van der Waals surface area contributed by atoms with Crippen molar-refractivity contribution in [3.63, 3.8) is 0 Å². The van der Waals surface area contributed by atoms with Crippen LogP contribution in [0.3, 0.4) is 0 Å². The topological polar surface area (TPSA) is 52.6 Å². The number of ether oxygens (including phenoxy) is 2. The average molecular weight is 843 g/mol. The van der Waals surface area contributed by atoms with E-state index in [1.54, 1.807) is 0 Å². The van der Waals surface area contributed by atoms with Gasteiger partial charge in [-0.1, -0.05) is 278 Å². The molecule has 0 saturated heterocycles. The fourth-order valence-electron chi connectivity index (χ4n) is 10.8. The van der Waals surface area contributed by atoms with Crippen molar-refractivity contribution in [2.45, 2.75) is 304 Å². The average Bonchev–Trinajstić information content (AvgIpc) is 3.24. The maximum absolute atomic E-state index is 13.9. The molecule has 0 N–H and O–H groups in total. The standard InChI is InChI=1S/C56H106O4/c1-50(2)42-35-31-27-23-19-15-11-7-5-9-13-17-21-25-29-33-39-48-59-54(57)56(47-41-45-52-44-37-38-46-53(52)56)55(58)60-49-40-34-30-26-22-18-14-10-6-8-12-16-20-24-28-32-36-43-51(3)4/h50-53H,5-49H2,1-4H3. The first-order valence-corrected chi connectivity index (χ1v) is 27.7. The highest BCUT2D eigenvalue weighted by molar-refractivity contribution is 6.00. The third-order valence-corrected chi connectivity index (χ3v) is 14.7. The van der Waals surface area contributed by atoms with E-state index in [0.717, 1.165) is 69.6 Å². The highest BCUT2D eigenvalue weighted by atomic mass is 16.6. The van der Waals surface area contributed by atoms with Crippen LogP contribution in [0.2, 0.25) is 0 Å². The molecule has 0 aromatic heterocycles. The van der Waals surface area contributed by atoms with Crippen LogP contribution in [0.15, 0.2) is 0 Å². The lowest BCUT2D eigenvalue weighted by molar-refractivity contribution is -0.184. The van der Waals surface area contributed by atoms with E-state index in [0.29, 0.717) is 25.6 Å². The summed E-state index contributed by atoms with van der Waals surface area (Å²) in [6, 6.07) is 0. The molecular formula is C56H106O4. The maximum atomic E-state index is 13.9. The zero-order valence-corrected chi connectivity index (χ0v) is 41.3. The number of unbranched alkanes of at least 4 members (excludes halogenated alkanes) is 32. The molecule has 2 atom stereocenters. The van der Waals surface area contributed by atoms with Crippen LogP contribution in [0.1, 0.15) is 304 Å². The summed E-state index contributed by atoms with van der Waals surface area (Å²) in [5.74, 6) is 1.78. The normalized spacial score (nSPS) is 17.6. The SMILES string of the molecule is CC(C)CCCCCCCCCCCCCCCCCCCOC(=O)C1(C(=O)OCCCCCCCCCCCCCCCCCCCC(C)C)CCCC2CCCCC21. The van der Waals surface area contributed by atoms with Crippen molar-refractivity contribution in [3.05, 3.63) is 0 Å². The number of carbonyl (C=O) groups is 2. The minimum atomic E-state index is -1.07. The molecule has 2 aliphatic rings. The van der Waals surface area contributed by atoms with Gasteiger partial charge in [0.25, 0.3) is 0 Å². The predicted molar refractivity (Wildman–Crippen MR) is 260 cm³/mol. The van der Waals surface area contributed by atoms with Crippen molar-refractivity contribution in [1.82, 2.24) is 0 Å². The number of carbonyl (C=O) groups excluding carboxylic acids is 2. The molecule has 2 rings (SSSR count). The van der Waals surface area contributed by atoms with Crippen LogP contribution in [0, 0.1) is 29.1 Å². The summed E-state index contributed by atoms with van der Waals surface area (Å²) in [5, 5.41) is 0. The maximum Gasteiger partial charge on any atom is 0.323 e. The lowest BCUT2D eigenvalue weighted by Crippen LogP contribution is -2.53. The Hall–Kier alpha value is -1.06. The second-order valence-electron chi connectivity index (χ2n) is 21.2. The summed E-state index contributed by atoms with van der Waals surface area (Å²) in [7, 11) is 0. The first-order chi connectivity index (χ1) is 29.4. The molecule has 0 aromatic carbocycles. The van der Waals surface area contributed by atoms with Crippen LogP contribution in [-0.4, -0.2) is 25.2 Å². The largest absolute Gasteiger partial charge is 0.465 e. The van der Waals surface area contributed by atoms with E-state index in [-0.39, 0.29) is 17.9 Å². The van der Waals surface area contributed by atoms with Gasteiger partial charge in [-0.15, -0.1) is 0 Å². The van der Waals surface area contributed by atoms with Crippen molar-refractivity contribution in [2.24, 2.45) is 29.1 Å². The van der Waals surface area contributed by atoms with E-state index in [2.05, 4.69) is 27.7 Å². The van der Waals surface area contributed by atoms with Crippen molar-refractivity contribution in [3.8, 4) is 0 Å². The van der Waals surface area contributed by atoms with E-state index in [4.69, 9.17) is 9.47 Å². The predicted octanol–water partition coefficient (Wildman–Crippen LogP) is 18.4. The molecule has 0 heterocycles. The molecule has 2 aliphatic carbocycles. The lowest BCUT2D eigenvalue weighted by atomic mass is 9.57. The molecule has 2 unspecified atom stereocenters. The van der Waals surface area contributed by atoms with Gasteiger partial charge in [-0.3, -0.25) is 9.59 Å². The van der Waals surface area contributed by atoms with Gasteiger partial charge in [0.05, 0.1) is 13.2 Å². The fourth-order valence-corrected chi connectivity index (χ4v) is 10.8. The van der Waals surface area contributed by atoms with E-state index in [1.807, 2.05) is 0 Å². The Balaban J connectivity index is 1.48. The second kappa shape index (κ2) is 38.4. The van der Waals surface area contributed by atoms with Gasteiger partial charge >= 0.3 is 11.9 Å². The Bertz CT molecular complexity index is 910. The summed E-state index contributed by atoms with van der Waals surface area (Å²) < 4.78 is 12.0. The van der Waals surface area contributed by atoms with E-state index in [9.17, 15) is 9.59 Å². The first kappa shape index (κ1) is 55.1. The molecule has 2 fully saturated rings. The van der Waals surface area contributed by atoms with Gasteiger partial charge in [-0.2, -0.15) is 0 Å². The van der Waals surface area contributed by atoms with E-state index in [1.165, 1.54) is 212 Å². The number of hydrogen-bond acceptors (Lipinski definition) is 4. The molecule has 2 saturated carbocycles. The lowest BCUT2D eigenvalue weighted by Gasteiger charge is -2.46. The van der Waals surface area contributed by atoms with Crippen LogP contribution < -0.4 is 0 Å². The summed E-state index contributed by atoms with van der Waals surface area (Å²) in [6.07, 6.45) is 55.6. The number of esters is 2. The third kappa shape index (κ3) is 27.2. The van der Waals surface area contributed by atoms with Crippen molar-refractivity contribution < 1.29 is 19.1 Å². The molecule has 4 nitrogen and oxygen atoms in total. The molecule has 60 heavy (non-hydrogen) atoms. The Morgan fingerprint density at radius 3 is 0.967 bits per heavy atom. The van der Waals surface area contributed by atoms with Crippen LogP contribution in [0.25, 0.3) is 0 Å². The summed E-state index contributed by atoms with van der Waals surface area (Å²) in [4.78, 5) is 27.8. The molecule has 0 aliphatic heterocycles. The Kier molecular flexibility index (Phi) is 35.2. The Morgan fingerprint density at radius 2 is 0.650 bits per heavy atom. The Morgan fingerprint density at radius 1 is 0.383 bits per heavy atom. The van der Waals surface area contributed by atoms with Gasteiger partial charge in [0.1, 0.15) is 0 Å². The van der Waals surface area contributed by atoms with Gasteiger partial charge in [0.15, 0.2) is 5.41 Å². The summed E-state index contributed by atoms with van der Waals surface area (Å²) in [5.41, 5.74) is -1.07. The molecule has 0 radical (unpaired) electrons. The zero-order chi connectivity index (χ0) is 43.2. The van der Waals surface area contributed by atoms with Gasteiger partial charge in [0.2, 0.25) is 0 Å². The molecular weight excluding hydrogens is 737 g/mol. The summed E-state index contributed by atoms with van der Waals surface area (Å²) in [6.45, 7) is 10.2. The smallest absolute Gasteiger partial charge is 0.323 e. The molecule has 0 amide bonds. The van der Waals surface area contributed by atoms with Crippen LogP contribution in [0.5, 0.6) is 0 Å². The minimum absolute atomic E-state index is 0.100. The fraction of sp³-hybridized carbons (Fsp3) is 0.964. The van der Waals surface area contributed by atoms with Crippen LogP contribution in [-0.2, 0) is 19.1 Å². The van der Waals surface area contributed by atoms with Gasteiger partial charge < -0.3 is 9.47 Å². The highest BCUT2D eigenvalue weighted by Crippen LogP contribution is 2.52. The number of fused-ring (bicyclic) bond motifs is 1. The van der Waals surface area contributed by atoms with Crippen molar-refractivity contribution in [1.29, 1.82) is 0 Å². The number of hydrogen-bond donors (Lipinski definition) is 0. The zero-order valence-electron chi connectivity index (χ0n) is 41.3. The Labute approximate surface area is 375 Å². The second-order valence-corrected chi connectivity index (χ2v) is 21.2. The van der Waals surface area contributed by atoms with Crippen LogP contribution >= 0.6 is 0 Å². The quantitative estimate of drug-likeness (QED) is 0.0349. The van der Waals surface area contributed by atoms with Crippen LogP contribution in [0.4, 0.5) is 0 Å². The minimum Gasteiger partial charge on any atom is -0.465 e. The van der Waals surface area contributed by atoms with Gasteiger partial charge in [-0.05, 0) is 49.4 Å². The monoisotopic (exact) mass is 843 g/mol. The number of rotatable bonds is 42. The molecule has 354 valence electrons. The molecule has 0 bridgehead atoms.